The normalized spacial score (nSPS) is 12.8. The average Bonchev–Trinajstić information content (AvgIpc) is 3.76. The molecule has 3 nitrogen and oxygen atoms in total. The van der Waals surface area contributed by atoms with Crippen LogP contribution in [0.15, 0.2) is 235 Å². The van der Waals surface area contributed by atoms with Crippen LogP contribution in [0.5, 0.6) is 0 Å². The summed E-state index contributed by atoms with van der Waals surface area (Å²) >= 11 is 0. The molecule has 0 saturated carbocycles. The third-order valence-corrected chi connectivity index (χ3v) is 14.0. The monoisotopic (exact) mass is 844 g/mol. The fraction of sp³-hybridized carbons (Fsp3) is 0.0476. The van der Waals surface area contributed by atoms with Crippen LogP contribution in [-0.2, 0) is 5.41 Å². The van der Waals surface area contributed by atoms with E-state index in [2.05, 4.69) is 248 Å². The van der Waals surface area contributed by atoms with E-state index >= 15 is 0 Å². The van der Waals surface area contributed by atoms with Crippen molar-refractivity contribution in [3.05, 3.63) is 242 Å². The number of benzene rings is 11. The van der Waals surface area contributed by atoms with Gasteiger partial charge in [-0.15, -0.1) is 0 Å². The number of anilines is 6. The smallest absolute Gasteiger partial charge is 0.159 e. The molecule has 1 aliphatic rings. The van der Waals surface area contributed by atoms with E-state index in [1.807, 2.05) is 6.07 Å². The zero-order chi connectivity index (χ0) is 43.9. The summed E-state index contributed by atoms with van der Waals surface area (Å²) in [7, 11) is 0. The summed E-state index contributed by atoms with van der Waals surface area (Å²) in [4.78, 5) is 4.83. The van der Waals surface area contributed by atoms with E-state index in [1.165, 1.54) is 65.7 Å². The molecule has 0 spiro atoms. The molecule has 0 unspecified atom stereocenters. The molecule has 0 saturated heterocycles. The van der Waals surface area contributed by atoms with Gasteiger partial charge in [0.15, 0.2) is 5.58 Å². The lowest BCUT2D eigenvalue weighted by atomic mass is 9.68. The lowest BCUT2D eigenvalue weighted by molar-refractivity contribution is 0.645. The van der Waals surface area contributed by atoms with Crippen molar-refractivity contribution >= 4 is 88.4 Å². The summed E-state index contributed by atoms with van der Waals surface area (Å²) in [6.07, 6.45) is 0. The van der Waals surface area contributed by atoms with Crippen LogP contribution in [0, 0.1) is 0 Å². The van der Waals surface area contributed by atoms with Crippen LogP contribution in [0.3, 0.4) is 0 Å². The Balaban J connectivity index is 1.05. The van der Waals surface area contributed by atoms with Gasteiger partial charge in [-0.2, -0.15) is 0 Å². The first kappa shape index (κ1) is 38.1. The van der Waals surface area contributed by atoms with E-state index in [0.29, 0.717) is 0 Å². The van der Waals surface area contributed by atoms with Gasteiger partial charge in [-0.3, -0.25) is 0 Å². The predicted octanol–water partition coefficient (Wildman–Crippen LogP) is 18.0. The van der Waals surface area contributed by atoms with Crippen LogP contribution in [0.2, 0.25) is 0 Å². The van der Waals surface area contributed by atoms with Crippen LogP contribution in [0.4, 0.5) is 34.1 Å². The highest BCUT2D eigenvalue weighted by molar-refractivity contribution is 6.26. The average molecular weight is 845 g/mol. The summed E-state index contributed by atoms with van der Waals surface area (Å²) < 4.78 is 6.74. The largest absolute Gasteiger partial charge is 0.454 e. The molecule has 3 heteroatoms. The van der Waals surface area contributed by atoms with Crippen molar-refractivity contribution < 1.29 is 4.42 Å². The topological polar surface area (TPSA) is 19.6 Å². The van der Waals surface area contributed by atoms with Crippen LogP contribution < -0.4 is 9.80 Å². The molecule has 66 heavy (non-hydrogen) atoms. The molecular weight excluding hydrogens is 801 g/mol. The number of furan rings is 1. The Hall–Kier alpha value is -8.40. The zero-order valence-electron chi connectivity index (χ0n) is 36.7. The van der Waals surface area contributed by atoms with Gasteiger partial charge in [-0.05, 0) is 121 Å². The first-order valence-electron chi connectivity index (χ1n) is 22.8. The SMILES string of the molecule is CC1(C)c2cc(N(c3ccccc3)c3ccccc3-c3ccccc3)ccc2-c2cc3c4ccccc4c(N(c4ccccc4)c4cccc5c4oc4ccccc45)cc3c3cccc1c23. The van der Waals surface area contributed by atoms with Gasteiger partial charge >= 0.3 is 0 Å². The van der Waals surface area contributed by atoms with Crippen molar-refractivity contribution in [3.8, 4) is 22.3 Å². The summed E-state index contributed by atoms with van der Waals surface area (Å²) in [6, 6.07) is 83.8. The van der Waals surface area contributed by atoms with Gasteiger partial charge in [-0.1, -0.05) is 178 Å². The van der Waals surface area contributed by atoms with Crippen molar-refractivity contribution in [3.63, 3.8) is 0 Å². The molecule has 312 valence electrons. The van der Waals surface area contributed by atoms with E-state index in [0.717, 1.165) is 56.1 Å². The Morgan fingerprint density at radius 1 is 0.333 bits per heavy atom. The maximum Gasteiger partial charge on any atom is 0.159 e. The molecule has 0 radical (unpaired) electrons. The van der Waals surface area contributed by atoms with Crippen molar-refractivity contribution in [2.45, 2.75) is 19.3 Å². The van der Waals surface area contributed by atoms with Gasteiger partial charge in [0.05, 0.1) is 17.1 Å². The number of fused-ring (bicyclic) bond motifs is 9. The molecule has 0 fully saturated rings. The minimum absolute atomic E-state index is 0.306. The van der Waals surface area contributed by atoms with Gasteiger partial charge < -0.3 is 14.2 Å². The van der Waals surface area contributed by atoms with Gasteiger partial charge in [0.2, 0.25) is 0 Å². The highest BCUT2D eigenvalue weighted by Crippen LogP contribution is 2.54. The second-order valence-corrected chi connectivity index (χ2v) is 18.0. The zero-order valence-corrected chi connectivity index (χ0v) is 36.7. The fourth-order valence-electron chi connectivity index (χ4n) is 11.0. The van der Waals surface area contributed by atoms with Gasteiger partial charge in [0, 0.05) is 44.2 Å². The number of rotatable bonds is 7. The molecule has 0 N–H and O–H groups in total. The Bertz CT molecular complexity index is 3850. The second-order valence-electron chi connectivity index (χ2n) is 18.0. The molecular formula is C63H44N2O. The van der Waals surface area contributed by atoms with Crippen LogP contribution in [0.1, 0.15) is 25.0 Å². The Morgan fingerprint density at radius 2 is 0.924 bits per heavy atom. The molecule has 1 heterocycles. The molecule has 13 rings (SSSR count). The Morgan fingerprint density at radius 3 is 1.71 bits per heavy atom. The molecule has 0 atom stereocenters. The lowest BCUT2D eigenvalue weighted by Crippen LogP contribution is -2.24. The van der Waals surface area contributed by atoms with Gasteiger partial charge in [-0.25, -0.2) is 0 Å². The predicted molar refractivity (Wildman–Crippen MR) is 279 cm³/mol. The van der Waals surface area contributed by atoms with Crippen molar-refractivity contribution in [1.82, 2.24) is 0 Å². The Kier molecular flexibility index (Phi) is 8.56. The lowest BCUT2D eigenvalue weighted by Gasteiger charge is -2.37. The Labute approximate surface area is 384 Å². The summed E-state index contributed by atoms with van der Waals surface area (Å²) in [5.41, 5.74) is 15.6. The van der Waals surface area contributed by atoms with Crippen LogP contribution in [0.25, 0.3) is 76.5 Å². The van der Waals surface area contributed by atoms with Crippen molar-refractivity contribution in [1.29, 1.82) is 0 Å². The number of hydrogen-bond donors (Lipinski definition) is 0. The molecule has 0 bridgehead atoms. The molecule has 1 aliphatic carbocycles. The van der Waals surface area contributed by atoms with E-state index in [-0.39, 0.29) is 5.41 Å². The maximum atomic E-state index is 6.74. The number of nitrogens with zero attached hydrogens (tertiary/aromatic N) is 2. The number of hydrogen-bond acceptors (Lipinski definition) is 3. The molecule has 0 aliphatic heterocycles. The minimum Gasteiger partial charge on any atom is -0.454 e. The molecule has 0 amide bonds. The van der Waals surface area contributed by atoms with Gasteiger partial charge in [0.25, 0.3) is 0 Å². The molecule has 1 aromatic heterocycles. The van der Waals surface area contributed by atoms with Crippen molar-refractivity contribution in [2.75, 3.05) is 9.80 Å². The summed E-state index contributed by atoms with van der Waals surface area (Å²) in [6.45, 7) is 4.80. The second kappa shape index (κ2) is 14.8. The highest BCUT2D eigenvalue weighted by Gasteiger charge is 2.35. The van der Waals surface area contributed by atoms with Crippen molar-refractivity contribution in [2.24, 2.45) is 0 Å². The quantitative estimate of drug-likeness (QED) is 0.149. The summed E-state index contributed by atoms with van der Waals surface area (Å²) in [5, 5.41) is 9.64. The third-order valence-electron chi connectivity index (χ3n) is 14.0. The third kappa shape index (κ3) is 5.76. The van der Waals surface area contributed by atoms with Crippen LogP contribution >= 0.6 is 0 Å². The van der Waals surface area contributed by atoms with E-state index in [1.54, 1.807) is 0 Å². The van der Waals surface area contributed by atoms with E-state index in [4.69, 9.17) is 4.42 Å². The standard InChI is InChI=1S/C63H44N2O/c1-63(2)55-32-18-30-50-53-40-59(65(43-24-10-5-11-25-43)58-34-19-31-51-49-29-15-17-35-60(49)66-62(51)58)48-28-13-12-27-46(48)52(53)39-54(61(50)55)47-37-36-44(38-56(47)63)64(42-22-8-4-9-23-42)57-33-16-14-26-45(57)41-20-6-3-7-21-41/h3-40H,1-2H3. The molecule has 11 aromatic carbocycles. The fourth-order valence-corrected chi connectivity index (χ4v) is 11.0. The highest BCUT2D eigenvalue weighted by atomic mass is 16.3. The van der Waals surface area contributed by atoms with Gasteiger partial charge in [0.1, 0.15) is 5.58 Å². The minimum atomic E-state index is -0.306. The molecule has 12 aromatic rings. The first-order chi connectivity index (χ1) is 32.5. The summed E-state index contributed by atoms with van der Waals surface area (Å²) in [5.74, 6) is 0. The van der Waals surface area contributed by atoms with E-state index < -0.39 is 0 Å². The van der Waals surface area contributed by atoms with Crippen LogP contribution in [-0.4, -0.2) is 0 Å². The maximum absolute atomic E-state index is 6.74. The van der Waals surface area contributed by atoms with E-state index in [9.17, 15) is 0 Å². The number of para-hydroxylation sites is 5. The first-order valence-corrected chi connectivity index (χ1v) is 22.8.